The zero-order valence-electron chi connectivity index (χ0n) is 14.2. The fraction of sp³-hybridized carbons (Fsp3) is 0.105. The monoisotopic (exact) mass is 382 g/mol. The lowest BCUT2D eigenvalue weighted by molar-refractivity contribution is 0.103. The number of hydrogen-bond acceptors (Lipinski definition) is 4. The van der Waals surface area contributed by atoms with E-state index in [0.717, 1.165) is 27.2 Å². The third-order valence-corrected chi connectivity index (χ3v) is 5.44. The Kier molecular flexibility index (Phi) is 4.22. The van der Waals surface area contributed by atoms with E-state index in [1.165, 1.54) is 11.3 Å². The molecule has 4 rings (SSSR count). The van der Waals surface area contributed by atoms with Gasteiger partial charge in [-0.25, -0.2) is 9.67 Å². The van der Waals surface area contributed by atoms with E-state index in [1.807, 2.05) is 56.3 Å². The van der Waals surface area contributed by atoms with E-state index in [9.17, 15) is 4.79 Å². The molecule has 0 aliphatic heterocycles. The number of amides is 1. The van der Waals surface area contributed by atoms with Crippen molar-refractivity contribution in [2.75, 3.05) is 5.32 Å². The number of fused-ring (bicyclic) bond motifs is 1. The predicted octanol–water partition coefficient (Wildman–Crippen LogP) is 5.00. The van der Waals surface area contributed by atoms with Crippen LogP contribution in [-0.2, 0) is 0 Å². The molecule has 0 aliphatic carbocycles. The number of nitrogens with zero attached hydrogens (tertiary/aromatic N) is 3. The molecule has 4 aromatic rings. The number of hydrogen-bond donors (Lipinski definition) is 1. The van der Waals surface area contributed by atoms with Gasteiger partial charge in [0.25, 0.3) is 5.91 Å². The van der Waals surface area contributed by atoms with Gasteiger partial charge in [0.1, 0.15) is 10.6 Å². The lowest BCUT2D eigenvalue weighted by Crippen LogP contribution is -2.11. The second kappa shape index (κ2) is 6.55. The highest BCUT2D eigenvalue weighted by Crippen LogP contribution is 2.32. The standard InChI is InChI=1S/C19H15ClN4OS/c1-11-7-8-21-17(9-11)22-18(25)16-10-13-12(2)23-24(19(13)26-16)15-6-4-3-5-14(15)20/h3-10H,1-2H3,(H,21,22,25). The fourth-order valence-corrected chi connectivity index (χ4v) is 4.02. The number of halogens is 1. The minimum atomic E-state index is -0.186. The summed E-state index contributed by atoms with van der Waals surface area (Å²) in [5, 5.41) is 8.97. The van der Waals surface area contributed by atoms with Gasteiger partial charge in [0.15, 0.2) is 0 Å². The molecule has 5 nitrogen and oxygen atoms in total. The van der Waals surface area contributed by atoms with Gasteiger partial charge in [-0.1, -0.05) is 23.7 Å². The maximum Gasteiger partial charge on any atom is 0.266 e. The van der Waals surface area contributed by atoms with Crippen molar-refractivity contribution in [3.63, 3.8) is 0 Å². The van der Waals surface area contributed by atoms with Crippen LogP contribution in [0.2, 0.25) is 5.02 Å². The SMILES string of the molecule is Cc1ccnc(NC(=O)c2cc3c(C)nn(-c4ccccc4Cl)c3s2)c1. The second-order valence-electron chi connectivity index (χ2n) is 5.95. The van der Waals surface area contributed by atoms with Crippen LogP contribution in [0.3, 0.4) is 0 Å². The molecule has 130 valence electrons. The summed E-state index contributed by atoms with van der Waals surface area (Å²) in [6.07, 6.45) is 1.68. The van der Waals surface area contributed by atoms with Gasteiger partial charge in [-0.3, -0.25) is 4.79 Å². The van der Waals surface area contributed by atoms with Crippen molar-refractivity contribution in [3.05, 3.63) is 69.8 Å². The third kappa shape index (κ3) is 2.98. The number of carbonyl (C=O) groups is 1. The molecule has 0 saturated heterocycles. The molecular formula is C19H15ClN4OS. The second-order valence-corrected chi connectivity index (χ2v) is 7.39. The Labute approximate surface area is 159 Å². The lowest BCUT2D eigenvalue weighted by atomic mass is 10.3. The third-order valence-electron chi connectivity index (χ3n) is 4.01. The highest BCUT2D eigenvalue weighted by molar-refractivity contribution is 7.20. The summed E-state index contributed by atoms with van der Waals surface area (Å²) in [7, 11) is 0. The highest BCUT2D eigenvalue weighted by Gasteiger charge is 2.18. The molecule has 1 aromatic carbocycles. The van der Waals surface area contributed by atoms with Gasteiger partial charge in [-0.2, -0.15) is 5.10 Å². The molecule has 26 heavy (non-hydrogen) atoms. The summed E-state index contributed by atoms with van der Waals surface area (Å²) in [6.45, 7) is 3.88. The van der Waals surface area contributed by atoms with Crippen LogP contribution in [0.4, 0.5) is 5.82 Å². The molecule has 0 atom stereocenters. The minimum absolute atomic E-state index is 0.186. The fourth-order valence-electron chi connectivity index (χ4n) is 2.73. The number of aromatic nitrogens is 3. The maximum absolute atomic E-state index is 12.6. The van der Waals surface area contributed by atoms with Crippen molar-refractivity contribution >= 4 is 44.9 Å². The average molecular weight is 383 g/mol. The molecule has 0 bridgehead atoms. The molecule has 0 saturated carbocycles. The van der Waals surface area contributed by atoms with Gasteiger partial charge in [0.2, 0.25) is 0 Å². The van der Waals surface area contributed by atoms with Crippen molar-refractivity contribution in [1.82, 2.24) is 14.8 Å². The average Bonchev–Trinajstić information content (AvgIpc) is 3.17. The number of carbonyl (C=O) groups excluding carboxylic acids is 1. The highest BCUT2D eigenvalue weighted by atomic mass is 35.5. The van der Waals surface area contributed by atoms with Gasteiger partial charge < -0.3 is 5.32 Å². The van der Waals surface area contributed by atoms with E-state index in [1.54, 1.807) is 10.9 Å². The van der Waals surface area contributed by atoms with Crippen molar-refractivity contribution < 1.29 is 4.79 Å². The van der Waals surface area contributed by atoms with Gasteiger partial charge >= 0.3 is 0 Å². The molecule has 0 radical (unpaired) electrons. The van der Waals surface area contributed by atoms with E-state index < -0.39 is 0 Å². The van der Waals surface area contributed by atoms with Gasteiger partial charge in [0.05, 0.1) is 21.3 Å². The van der Waals surface area contributed by atoms with Crippen molar-refractivity contribution in [2.24, 2.45) is 0 Å². The zero-order chi connectivity index (χ0) is 18.3. The van der Waals surface area contributed by atoms with Crippen LogP contribution in [0.25, 0.3) is 15.9 Å². The van der Waals surface area contributed by atoms with Gasteiger partial charge in [-0.05, 0) is 49.7 Å². The summed E-state index contributed by atoms with van der Waals surface area (Å²) in [4.78, 5) is 18.3. The first-order valence-corrected chi connectivity index (χ1v) is 9.20. The van der Waals surface area contributed by atoms with Crippen LogP contribution in [0.5, 0.6) is 0 Å². The minimum Gasteiger partial charge on any atom is -0.306 e. The number of aryl methyl sites for hydroxylation is 2. The summed E-state index contributed by atoms with van der Waals surface area (Å²) in [5.74, 6) is 0.353. The largest absolute Gasteiger partial charge is 0.306 e. The number of nitrogens with one attached hydrogen (secondary N) is 1. The van der Waals surface area contributed by atoms with E-state index in [2.05, 4.69) is 15.4 Å². The first-order chi connectivity index (χ1) is 12.5. The van der Waals surface area contributed by atoms with Crippen LogP contribution in [0, 0.1) is 13.8 Å². The van der Waals surface area contributed by atoms with E-state index in [-0.39, 0.29) is 5.91 Å². The predicted molar refractivity (Wildman–Crippen MR) is 106 cm³/mol. The van der Waals surface area contributed by atoms with E-state index >= 15 is 0 Å². The molecule has 0 fully saturated rings. The number of anilines is 1. The zero-order valence-corrected chi connectivity index (χ0v) is 15.7. The van der Waals surface area contributed by atoms with Crippen molar-refractivity contribution in [3.8, 4) is 5.69 Å². The molecule has 0 unspecified atom stereocenters. The van der Waals surface area contributed by atoms with Crippen LogP contribution in [-0.4, -0.2) is 20.7 Å². The first-order valence-electron chi connectivity index (χ1n) is 8.01. The number of pyridine rings is 1. The molecule has 1 N–H and O–H groups in total. The van der Waals surface area contributed by atoms with Crippen molar-refractivity contribution in [2.45, 2.75) is 13.8 Å². The van der Waals surface area contributed by atoms with Crippen LogP contribution in [0.15, 0.2) is 48.7 Å². The molecular weight excluding hydrogens is 368 g/mol. The Hall–Kier alpha value is -2.70. The van der Waals surface area contributed by atoms with Gasteiger partial charge in [0, 0.05) is 11.6 Å². The lowest BCUT2D eigenvalue weighted by Gasteiger charge is -2.05. The number of benzene rings is 1. The molecule has 3 heterocycles. The molecule has 0 aliphatic rings. The smallest absolute Gasteiger partial charge is 0.266 e. The maximum atomic E-state index is 12.6. The Morgan fingerprint density at radius 3 is 2.77 bits per heavy atom. The van der Waals surface area contributed by atoms with Crippen LogP contribution in [0.1, 0.15) is 20.9 Å². The number of para-hydroxylation sites is 1. The molecule has 0 spiro atoms. The molecule has 1 amide bonds. The summed E-state index contributed by atoms with van der Waals surface area (Å²) in [5.41, 5.74) is 2.68. The van der Waals surface area contributed by atoms with E-state index in [4.69, 9.17) is 11.6 Å². The summed E-state index contributed by atoms with van der Waals surface area (Å²) in [6, 6.07) is 13.1. The normalized spacial score (nSPS) is 11.0. The summed E-state index contributed by atoms with van der Waals surface area (Å²) >= 11 is 7.70. The van der Waals surface area contributed by atoms with Crippen LogP contribution >= 0.6 is 22.9 Å². The molecule has 7 heteroatoms. The number of thiophene rings is 1. The molecule has 3 aromatic heterocycles. The Morgan fingerprint density at radius 1 is 1.19 bits per heavy atom. The quantitative estimate of drug-likeness (QED) is 0.542. The van der Waals surface area contributed by atoms with E-state index in [0.29, 0.717) is 15.7 Å². The first kappa shape index (κ1) is 16.8. The topological polar surface area (TPSA) is 59.8 Å². The summed E-state index contributed by atoms with van der Waals surface area (Å²) < 4.78 is 1.79. The van der Waals surface area contributed by atoms with Crippen LogP contribution < -0.4 is 5.32 Å². The Morgan fingerprint density at radius 2 is 2.00 bits per heavy atom. The Balaban J connectivity index is 1.73. The van der Waals surface area contributed by atoms with Gasteiger partial charge in [-0.15, -0.1) is 11.3 Å². The van der Waals surface area contributed by atoms with Crippen molar-refractivity contribution in [1.29, 1.82) is 0 Å². The Bertz CT molecular complexity index is 1130. The number of rotatable bonds is 3.